The average molecular weight is 238 g/mol. The van der Waals surface area contributed by atoms with Gasteiger partial charge in [-0.15, -0.1) is 0 Å². The van der Waals surface area contributed by atoms with Crippen LogP contribution in [0, 0.1) is 0 Å². The molecule has 0 aliphatic rings. The van der Waals surface area contributed by atoms with E-state index in [9.17, 15) is 9.59 Å². The molecule has 0 amide bonds. The second-order valence-corrected chi connectivity index (χ2v) is 3.41. The minimum absolute atomic E-state index is 0.0445. The lowest BCUT2D eigenvalue weighted by atomic mass is 10.0. The van der Waals surface area contributed by atoms with Gasteiger partial charge in [0, 0.05) is 6.42 Å². The van der Waals surface area contributed by atoms with Crippen molar-refractivity contribution in [2.75, 3.05) is 14.2 Å². The molecular weight excluding hydrogens is 224 g/mol. The van der Waals surface area contributed by atoms with E-state index in [4.69, 9.17) is 9.84 Å². The van der Waals surface area contributed by atoms with E-state index in [0.717, 1.165) is 0 Å². The van der Waals surface area contributed by atoms with Crippen LogP contribution < -0.4 is 4.74 Å². The fourth-order valence-electron chi connectivity index (χ4n) is 1.45. The highest BCUT2D eigenvalue weighted by atomic mass is 16.5. The van der Waals surface area contributed by atoms with Crippen LogP contribution in [0.2, 0.25) is 0 Å². The number of carbonyl (C=O) groups excluding carboxylic acids is 1. The maximum absolute atomic E-state index is 11.5. The Labute approximate surface area is 99.0 Å². The van der Waals surface area contributed by atoms with Gasteiger partial charge in [0.25, 0.3) is 0 Å². The fourth-order valence-corrected chi connectivity index (χ4v) is 1.45. The van der Waals surface area contributed by atoms with E-state index < -0.39 is 11.9 Å². The van der Waals surface area contributed by atoms with E-state index in [2.05, 4.69) is 4.74 Å². The number of ether oxygens (including phenoxy) is 2. The molecule has 0 aliphatic heterocycles. The summed E-state index contributed by atoms with van der Waals surface area (Å²) in [6.07, 6.45) is 0.216. The van der Waals surface area contributed by atoms with Crippen molar-refractivity contribution in [3.8, 4) is 5.75 Å². The number of aryl methyl sites for hydroxylation is 1. The monoisotopic (exact) mass is 238 g/mol. The molecule has 0 saturated heterocycles. The maximum Gasteiger partial charge on any atom is 0.338 e. The molecule has 1 N–H and O–H groups in total. The third-order valence-electron chi connectivity index (χ3n) is 2.33. The first-order chi connectivity index (χ1) is 8.08. The average Bonchev–Trinajstić information content (AvgIpc) is 2.34. The number of hydrogen-bond donors (Lipinski definition) is 1. The smallest absolute Gasteiger partial charge is 0.338 e. The second kappa shape index (κ2) is 5.89. The van der Waals surface area contributed by atoms with Gasteiger partial charge in [-0.25, -0.2) is 4.79 Å². The minimum atomic E-state index is -0.913. The Morgan fingerprint density at radius 1 is 1.29 bits per heavy atom. The molecule has 5 nitrogen and oxygen atoms in total. The van der Waals surface area contributed by atoms with Crippen molar-refractivity contribution in [3.05, 3.63) is 29.3 Å². The summed E-state index contributed by atoms with van der Waals surface area (Å²) in [4.78, 5) is 22.0. The Kier molecular flexibility index (Phi) is 4.51. The summed E-state index contributed by atoms with van der Waals surface area (Å²) in [5.74, 6) is -0.810. The summed E-state index contributed by atoms with van der Waals surface area (Å²) < 4.78 is 9.66. The Bertz CT molecular complexity index is 425. The lowest BCUT2D eigenvalue weighted by Crippen LogP contribution is -2.07. The molecule has 0 heterocycles. The molecule has 1 rings (SSSR count). The normalized spacial score (nSPS) is 9.76. The third-order valence-corrected chi connectivity index (χ3v) is 2.33. The lowest BCUT2D eigenvalue weighted by Gasteiger charge is -2.09. The van der Waals surface area contributed by atoms with Crippen LogP contribution in [-0.4, -0.2) is 31.3 Å². The van der Waals surface area contributed by atoms with Crippen molar-refractivity contribution in [1.82, 2.24) is 0 Å². The van der Waals surface area contributed by atoms with E-state index in [1.807, 2.05) is 0 Å². The van der Waals surface area contributed by atoms with E-state index in [-0.39, 0.29) is 12.8 Å². The van der Waals surface area contributed by atoms with Gasteiger partial charge < -0.3 is 14.6 Å². The van der Waals surface area contributed by atoms with Crippen LogP contribution in [0.3, 0.4) is 0 Å². The summed E-state index contributed by atoms with van der Waals surface area (Å²) in [7, 11) is 2.79. The van der Waals surface area contributed by atoms with E-state index in [1.165, 1.54) is 14.2 Å². The summed E-state index contributed by atoms with van der Waals surface area (Å²) in [6, 6.07) is 4.85. The van der Waals surface area contributed by atoms with Crippen LogP contribution in [0.25, 0.3) is 0 Å². The molecule has 17 heavy (non-hydrogen) atoms. The van der Waals surface area contributed by atoms with Crippen molar-refractivity contribution < 1.29 is 24.2 Å². The predicted octanol–water partition coefficient (Wildman–Crippen LogP) is 1.50. The molecule has 0 aliphatic carbocycles. The minimum Gasteiger partial charge on any atom is -0.497 e. The molecule has 0 atom stereocenters. The van der Waals surface area contributed by atoms with Crippen LogP contribution in [0.5, 0.6) is 5.75 Å². The number of aliphatic carboxylic acids is 1. The number of carboxylic acids is 1. The summed E-state index contributed by atoms with van der Waals surface area (Å²) in [5, 5.41) is 8.64. The highest BCUT2D eigenvalue weighted by Crippen LogP contribution is 2.20. The zero-order valence-electron chi connectivity index (χ0n) is 9.73. The van der Waals surface area contributed by atoms with Gasteiger partial charge in [0.2, 0.25) is 0 Å². The summed E-state index contributed by atoms with van der Waals surface area (Å²) >= 11 is 0. The molecule has 0 aromatic heterocycles. The molecule has 5 heteroatoms. The zero-order valence-corrected chi connectivity index (χ0v) is 9.73. The van der Waals surface area contributed by atoms with Crippen molar-refractivity contribution in [1.29, 1.82) is 0 Å². The fraction of sp³-hybridized carbons (Fsp3) is 0.333. The van der Waals surface area contributed by atoms with Crippen molar-refractivity contribution in [2.24, 2.45) is 0 Å². The first-order valence-corrected chi connectivity index (χ1v) is 5.05. The van der Waals surface area contributed by atoms with Crippen LogP contribution in [0.4, 0.5) is 0 Å². The maximum atomic E-state index is 11.5. The van der Waals surface area contributed by atoms with Crippen molar-refractivity contribution >= 4 is 11.9 Å². The van der Waals surface area contributed by atoms with E-state index >= 15 is 0 Å². The Balaban J connectivity index is 3.02. The summed E-state index contributed by atoms with van der Waals surface area (Å²) in [5.41, 5.74) is 0.980. The SMILES string of the molecule is COC(=O)c1ccc(OC)cc1CCC(=O)O. The number of carboxylic acid groups (broad SMARTS) is 1. The van der Waals surface area contributed by atoms with Gasteiger partial charge in [-0.3, -0.25) is 4.79 Å². The number of methoxy groups -OCH3 is 2. The molecule has 92 valence electrons. The highest BCUT2D eigenvalue weighted by molar-refractivity contribution is 5.91. The van der Waals surface area contributed by atoms with Gasteiger partial charge in [0.1, 0.15) is 5.75 Å². The topological polar surface area (TPSA) is 72.8 Å². The molecule has 0 radical (unpaired) electrons. The molecule has 1 aromatic carbocycles. The van der Waals surface area contributed by atoms with E-state index in [0.29, 0.717) is 16.9 Å². The van der Waals surface area contributed by atoms with Crippen LogP contribution >= 0.6 is 0 Å². The zero-order chi connectivity index (χ0) is 12.8. The third kappa shape index (κ3) is 3.48. The largest absolute Gasteiger partial charge is 0.497 e. The van der Waals surface area contributed by atoms with Crippen molar-refractivity contribution in [2.45, 2.75) is 12.8 Å². The van der Waals surface area contributed by atoms with Gasteiger partial charge >= 0.3 is 11.9 Å². The lowest BCUT2D eigenvalue weighted by molar-refractivity contribution is -0.136. The molecule has 0 spiro atoms. The number of hydrogen-bond acceptors (Lipinski definition) is 4. The van der Waals surface area contributed by atoms with Gasteiger partial charge in [-0.1, -0.05) is 0 Å². The van der Waals surface area contributed by atoms with Crippen LogP contribution in [0.15, 0.2) is 18.2 Å². The van der Waals surface area contributed by atoms with Gasteiger partial charge in [-0.2, -0.15) is 0 Å². The quantitative estimate of drug-likeness (QED) is 0.787. The first kappa shape index (κ1) is 13.0. The van der Waals surface area contributed by atoms with Gasteiger partial charge in [-0.05, 0) is 30.2 Å². The van der Waals surface area contributed by atoms with Gasteiger partial charge in [0.05, 0.1) is 19.8 Å². The standard InChI is InChI=1S/C12H14O5/c1-16-9-4-5-10(12(15)17-2)8(7-9)3-6-11(13)14/h4-5,7H,3,6H2,1-2H3,(H,13,14). The van der Waals surface area contributed by atoms with E-state index in [1.54, 1.807) is 18.2 Å². The number of carbonyl (C=O) groups is 2. The first-order valence-electron chi connectivity index (χ1n) is 5.05. The number of benzene rings is 1. The predicted molar refractivity (Wildman–Crippen MR) is 60.3 cm³/mol. The van der Waals surface area contributed by atoms with Crippen molar-refractivity contribution in [3.63, 3.8) is 0 Å². The van der Waals surface area contributed by atoms with Crippen LogP contribution in [0.1, 0.15) is 22.3 Å². The molecule has 0 saturated carbocycles. The molecule has 0 unspecified atom stereocenters. The highest BCUT2D eigenvalue weighted by Gasteiger charge is 2.13. The molecule has 0 fully saturated rings. The Morgan fingerprint density at radius 3 is 2.53 bits per heavy atom. The number of esters is 1. The number of rotatable bonds is 5. The molecule has 1 aromatic rings. The van der Waals surface area contributed by atoms with Gasteiger partial charge in [0.15, 0.2) is 0 Å². The summed E-state index contributed by atoms with van der Waals surface area (Å²) in [6.45, 7) is 0. The molecular formula is C12H14O5. The Hall–Kier alpha value is -2.04. The van der Waals surface area contributed by atoms with Crippen LogP contribution in [-0.2, 0) is 16.0 Å². The Morgan fingerprint density at radius 2 is 2.00 bits per heavy atom. The molecule has 0 bridgehead atoms. The second-order valence-electron chi connectivity index (χ2n) is 3.41.